The predicted octanol–water partition coefficient (Wildman–Crippen LogP) is 2.91. The van der Waals surface area contributed by atoms with Gasteiger partial charge in [-0.25, -0.2) is 0 Å². The van der Waals surface area contributed by atoms with Gasteiger partial charge in [-0.05, 0) is 69.1 Å². The number of carbonyl (C=O) groups excluding carboxylic acids is 2. The molecule has 1 saturated heterocycles. The van der Waals surface area contributed by atoms with Crippen LogP contribution in [0, 0.1) is 0 Å². The Morgan fingerprint density at radius 3 is 2.54 bits per heavy atom. The van der Waals surface area contributed by atoms with E-state index >= 15 is 0 Å². The number of nitrogens with two attached hydrogens (primary N) is 1. The van der Waals surface area contributed by atoms with Crippen molar-refractivity contribution in [3.05, 3.63) is 53.5 Å². The largest absolute Gasteiger partial charge is 0.364 e. The zero-order valence-electron chi connectivity index (χ0n) is 20.8. The van der Waals surface area contributed by atoms with E-state index in [9.17, 15) is 9.59 Å². The molecule has 0 spiro atoms. The van der Waals surface area contributed by atoms with Crippen molar-refractivity contribution in [3.8, 4) is 0 Å². The van der Waals surface area contributed by atoms with Crippen LogP contribution in [0.15, 0.2) is 36.7 Å². The Hall–Kier alpha value is -4.02. The average Bonchev–Trinajstić information content (AvgIpc) is 3.84. The molecule has 3 aromatic rings. The maximum Gasteiger partial charge on any atom is 0.273 e. The van der Waals surface area contributed by atoms with E-state index in [1.54, 1.807) is 6.20 Å². The third-order valence-corrected chi connectivity index (χ3v) is 7.48. The summed E-state index contributed by atoms with van der Waals surface area (Å²) in [6.07, 6.45) is 9.98. The number of nitrogens with zero attached hydrogens (tertiary/aromatic N) is 6. The Bertz CT molecular complexity index is 1310. The molecule has 37 heavy (non-hydrogen) atoms. The number of primary amides is 1. The molecule has 0 radical (unpaired) electrons. The predicted molar refractivity (Wildman–Crippen MR) is 138 cm³/mol. The van der Waals surface area contributed by atoms with E-state index in [1.807, 2.05) is 34.8 Å². The molecule has 3 fully saturated rings. The van der Waals surface area contributed by atoms with Crippen LogP contribution < -0.4 is 21.3 Å². The van der Waals surface area contributed by atoms with Crippen LogP contribution in [0.3, 0.4) is 0 Å². The van der Waals surface area contributed by atoms with Gasteiger partial charge in [-0.15, -0.1) is 10.2 Å². The summed E-state index contributed by atoms with van der Waals surface area (Å²) >= 11 is 0. The number of carbonyl (C=O) groups is 2. The van der Waals surface area contributed by atoms with Crippen LogP contribution in [0.5, 0.6) is 0 Å². The second-order valence-electron chi connectivity index (χ2n) is 10.3. The van der Waals surface area contributed by atoms with Gasteiger partial charge in [0, 0.05) is 30.4 Å². The summed E-state index contributed by atoms with van der Waals surface area (Å²) in [5, 5.41) is 19.0. The van der Waals surface area contributed by atoms with Crippen LogP contribution >= 0.6 is 0 Å². The molecule has 1 aliphatic heterocycles. The molecule has 2 saturated carbocycles. The van der Waals surface area contributed by atoms with E-state index < -0.39 is 5.91 Å². The normalized spacial score (nSPS) is 21.5. The zero-order chi connectivity index (χ0) is 25.5. The summed E-state index contributed by atoms with van der Waals surface area (Å²) in [5.41, 5.74) is 8.18. The highest BCUT2D eigenvalue weighted by Gasteiger charge is 2.32. The van der Waals surface area contributed by atoms with Gasteiger partial charge in [-0.1, -0.05) is 12.1 Å². The lowest BCUT2D eigenvalue weighted by Gasteiger charge is -2.39. The average molecular weight is 502 g/mol. The Balaban J connectivity index is 1.18. The van der Waals surface area contributed by atoms with Gasteiger partial charge in [0.15, 0.2) is 11.5 Å². The Kier molecular flexibility index (Phi) is 5.97. The van der Waals surface area contributed by atoms with Crippen molar-refractivity contribution in [1.29, 1.82) is 0 Å². The highest BCUT2D eigenvalue weighted by molar-refractivity contribution is 5.96. The lowest BCUT2D eigenvalue weighted by molar-refractivity contribution is 0.0923. The summed E-state index contributed by atoms with van der Waals surface area (Å²) in [7, 11) is 0. The van der Waals surface area contributed by atoms with E-state index in [-0.39, 0.29) is 29.5 Å². The molecular formula is C26H31N9O2. The Morgan fingerprint density at radius 2 is 1.84 bits per heavy atom. The van der Waals surface area contributed by atoms with Gasteiger partial charge in [0.25, 0.3) is 11.8 Å². The monoisotopic (exact) mass is 501 g/mol. The highest BCUT2D eigenvalue weighted by Crippen LogP contribution is 2.40. The van der Waals surface area contributed by atoms with E-state index in [0.717, 1.165) is 25.7 Å². The molecule has 0 unspecified atom stereocenters. The summed E-state index contributed by atoms with van der Waals surface area (Å²) in [5.74, 6) is 0.476. The fourth-order valence-electron chi connectivity index (χ4n) is 4.96. The van der Waals surface area contributed by atoms with Crippen molar-refractivity contribution < 1.29 is 9.59 Å². The first-order valence-electron chi connectivity index (χ1n) is 13.0. The molecule has 2 amide bonds. The summed E-state index contributed by atoms with van der Waals surface area (Å²) in [4.78, 5) is 31.6. The topological polar surface area (TPSA) is 144 Å². The lowest BCUT2D eigenvalue weighted by atomic mass is 9.97. The Morgan fingerprint density at radius 1 is 1.05 bits per heavy atom. The SMILES string of the molecule is C[C@@H]1[C@H](NC(=O)c2ccc(C3CC3)cc2)CCCN1c1nnc(C(N)=O)c(Nc2cnn(C3CC3)c2)n1. The van der Waals surface area contributed by atoms with Crippen molar-refractivity contribution >= 4 is 29.3 Å². The second-order valence-corrected chi connectivity index (χ2v) is 10.3. The number of rotatable bonds is 8. The molecule has 4 N–H and O–H groups in total. The van der Waals surface area contributed by atoms with Crippen molar-refractivity contribution in [3.63, 3.8) is 0 Å². The first kappa shape index (κ1) is 23.4. The van der Waals surface area contributed by atoms with E-state index in [2.05, 4.69) is 43.0 Å². The molecule has 3 heterocycles. The number of piperidine rings is 1. The number of aromatic nitrogens is 5. The molecule has 11 nitrogen and oxygen atoms in total. The number of anilines is 3. The van der Waals surface area contributed by atoms with Crippen molar-refractivity contribution in [2.24, 2.45) is 5.73 Å². The van der Waals surface area contributed by atoms with Crippen LogP contribution in [-0.4, -0.2) is 55.4 Å². The fraction of sp³-hybridized carbons (Fsp3) is 0.462. The molecule has 0 bridgehead atoms. The number of hydrogen-bond donors (Lipinski definition) is 3. The minimum atomic E-state index is -0.715. The summed E-state index contributed by atoms with van der Waals surface area (Å²) in [6.45, 7) is 2.75. The van der Waals surface area contributed by atoms with Crippen molar-refractivity contribution in [1.82, 2.24) is 30.3 Å². The number of benzene rings is 1. The molecule has 6 rings (SSSR count). The second kappa shape index (κ2) is 9.45. The first-order valence-corrected chi connectivity index (χ1v) is 13.0. The third-order valence-electron chi connectivity index (χ3n) is 7.48. The number of amides is 2. The van der Waals surface area contributed by atoms with Crippen LogP contribution in [0.1, 0.15) is 83.8 Å². The molecule has 2 atom stereocenters. The fourth-order valence-corrected chi connectivity index (χ4v) is 4.96. The maximum absolute atomic E-state index is 13.0. The van der Waals surface area contributed by atoms with Crippen LogP contribution in [0.2, 0.25) is 0 Å². The minimum absolute atomic E-state index is 0.0351. The van der Waals surface area contributed by atoms with Crippen molar-refractivity contribution in [2.75, 3.05) is 16.8 Å². The molecule has 192 valence electrons. The van der Waals surface area contributed by atoms with Gasteiger partial charge in [0.1, 0.15) is 0 Å². The van der Waals surface area contributed by atoms with Gasteiger partial charge < -0.3 is 21.3 Å². The molecular weight excluding hydrogens is 470 g/mol. The quantitative estimate of drug-likeness (QED) is 0.427. The van der Waals surface area contributed by atoms with Gasteiger partial charge in [-0.3, -0.25) is 14.3 Å². The van der Waals surface area contributed by atoms with E-state index in [0.29, 0.717) is 35.7 Å². The van der Waals surface area contributed by atoms with Gasteiger partial charge >= 0.3 is 0 Å². The van der Waals surface area contributed by atoms with E-state index in [1.165, 1.54) is 18.4 Å². The maximum atomic E-state index is 13.0. The Labute approximate surface area is 214 Å². The zero-order valence-corrected chi connectivity index (χ0v) is 20.8. The molecule has 1 aromatic carbocycles. The van der Waals surface area contributed by atoms with Crippen molar-refractivity contribution in [2.45, 2.75) is 69.5 Å². The summed E-state index contributed by atoms with van der Waals surface area (Å²) in [6, 6.07) is 8.22. The molecule has 2 aromatic heterocycles. The third kappa shape index (κ3) is 4.98. The number of hydrogen-bond acceptors (Lipinski definition) is 8. The molecule has 2 aliphatic carbocycles. The van der Waals surface area contributed by atoms with Gasteiger partial charge in [0.2, 0.25) is 5.95 Å². The van der Waals surface area contributed by atoms with Crippen LogP contribution in [0.25, 0.3) is 0 Å². The summed E-state index contributed by atoms with van der Waals surface area (Å²) < 4.78 is 1.90. The van der Waals surface area contributed by atoms with Gasteiger partial charge in [0.05, 0.1) is 17.9 Å². The standard InChI is InChI=1S/C26H31N9O2/c1-15-21(30-25(37)18-8-6-17(7-9-18)16-4-5-16)3-2-12-34(15)26-31-24(22(23(27)36)32-33-26)29-19-13-28-35(14-19)20-10-11-20/h6-9,13-16,20-21H,2-5,10-12H2,1H3,(H2,27,36)(H,30,37)(H,29,31,33)/t15-,21-/m1/s1. The van der Waals surface area contributed by atoms with Crippen LogP contribution in [-0.2, 0) is 0 Å². The van der Waals surface area contributed by atoms with Crippen LogP contribution in [0.4, 0.5) is 17.5 Å². The minimum Gasteiger partial charge on any atom is -0.364 e. The highest BCUT2D eigenvalue weighted by atomic mass is 16.2. The van der Waals surface area contributed by atoms with Gasteiger partial charge in [-0.2, -0.15) is 10.1 Å². The smallest absolute Gasteiger partial charge is 0.273 e. The first-order chi connectivity index (χ1) is 18.0. The number of nitrogens with one attached hydrogen (secondary N) is 2. The lowest BCUT2D eigenvalue weighted by Crippen LogP contribution is -2.54. The molecule has 11 heteroatoms. The molecule has 3 aliphatic rings. The van der Waals surface area contributed by atoms with E-state index in [4.69, 9.17) is 5.73 Å².